The Morgan fingerprint density at radius 3 is 2.39 bits per heavy atom. The van der Waals surface area contributed by atoms with Gasteiger partial charge in [0, 0.05) is 24.2 Å². The normalized spacial score (nSPS) is 13.8. The van der Waals surface area contributed by atoms with Crippen LogP contribution in [0.2, 0.25) is 0 Å². The lowest BCUT2D eigenvalue weighted by molar-refractivity contribution is -0.118. The maximum Gasteiger partial charge on any atom is 0.255 e. The van der Waals surface area contributed by atoms with Crippen LogP contribution in [-0.4, -0.2) is 56.7 Å². The second-order valence-electron chi connectivity index (χ2n) is 8.08. The van der Waals surface area contributed by atoms with Gasteiger partial charge in [-0.25, -0.2) is 13.2 Å². The van der Waals surface area contributed by atoms with Gasteiger partial charge in [0.05, 0.1) is 32.6 Å². The molecule has 1 heterocycles. The number of hydrogen-bond donors (Lipinski definition) is 2. The van der Waals surface area contributed by atoms with Gasteiger partial charge in [0.2, 0.25) is 5.91 Å². The summed E-state index contributed by atoms with van der Waals surface area (Å²) in [6, 6.07) is 12.9. The standard InChI is InChI=1S/C26H24F3N3O4/c1-35-21-8-7-17(13-20(21)30-22(33)15-32-9-11-36-12-10-32)26(34)31-25-19(27)14-18(23(28)24(25)29)16-5-3-2-4-6-16/h2-8,13-14H,9-12,15H2,1H3,(H,30,33)(H,31,34). The van der Waals surface area contributed by atoms with Crippen molar-refractivity contribution in [3.63, 3.8) is 0 Å². The smallest absolute Gasteiger partial charge is 0.255 e. The van der Waals surface area contributed by atoms with Gasteiger partial charge in [-0.15, -0.1) is 0 Å². The van der Waals surface area contributed by atoms with Gasteiger partial charge in [-0.05, 0) is 29.8 Å². The molecule has 3 aromatic carbocycles. The van der Waals surface area contributed by atoms with Crippen LogP contribution < -0.4 is 15.4 Å². The number of nitrogens with zero attached hydrogens (tertiary/aromatic N) is 1. The topological polar surface area (TPSA) is 79.9 Å². The van der Waals surface area contributed by atoms with E-state index in [2.05, 4.69) is 10.6 Å². The number of hydrogen-bond acceptors (Lipinski definition) is 5. The summed E-state index contributed by atoms with van der Waals surface area (Å²) < 4.78 is 54.7. The van der Waals surface area contributed by atoms with Crippen LogP contribution in [0, 0.1) is 17.5 Å². The molecule has 1 saturated heterocycles. The molecule has 0 atom stereocenters. The zero-order valence-corrected chi connectivity index (χ0v) is 19.4. The fraction of sp³-hybridized carbons (Fsp3) is 0.231. The minimum absolute atomic E-state index is 0.0242. The molecule has 1 aliphatic heterocycles. The van der Waals surface area contributed by atoms with Crippen molar-refractivity contribution >= 4 is 23.2 Å². The Balaban J connectivity index is 1.53. The number of ether oxygens (including phenoxy) is 2. The van der Waals surface area contributed by atoms with Crippen LogP contribution in [0.15, 0.2) is 54.6 Å². The fourth-order valence-corrected chi connectivity index (χ4v) is 3.82. The van der Waals surface area contributed by atoms with Gasteiger partial charge < -0.3 is 20.1 Å². The van der Waals surface area contributed by atoms with Crippen molar-refractivity contribution in [2.24, 2.45) is 0 Å². The minimum Gasteiger partial charge on any atom is -0.495 e. The van der Waals surface area contributed by atoms with Gasteiger partial charge >= 0.3 is 0 Å². The number of halogens is 3. The third-order valence-electron chi connectivity index (χ3n) is 5.69. The molecule has 0 aromatic heterocycles. The first-order valence-corrected chi connectivity index (χ1v) is 11.2. The molecule has 0 radical (unpaired) electrons. The molecule has 0 bridgehead atoms. The van der Waals surface area contributed by atoms with E-state index in [0.29, 0.717) is 31.9 Å². The van der Waals surface area contributed by atoms with Crippen molar-refractivity contribution in [3.8, 4) is 16.9 Å². The molecule has 0 spiro atoms. The van der Waals surface area contributed by atoms with Crippen LogP contribution in [0.5, 0.6) is 5.75 Å². The molecule has 10 heteroatoms. The first-order valence-electron chi connectivity index (χ1n) is 11.2. The number of methoxy groups -OCH3 is 1. The first-order chi connectivity index (χ1) is 17.4. The van der Waals surface area contributed by atoms with E-state index in [0.717, 1.165) is 6.07 Å². The predicted octanol–water partition coefficient (Wildman–Crippen LogP) is 4.30. The number of amides is 2. The van der Waals surface area contributed by atoms with Crippen molar-refractivity contribution in [1.82, 2.24) is 4.90 Å². The monoisotopic (exact) mass is 499 g/mol. The summed E-state index contributed by atoms with van der Waals surface area (Å²) in [6.45, 7) is 2.42. The number of carbonyl (C=O) groups excluding carboxylic acids is 2. The van der Waals surface area contributed by atoms with Crippen molar-refractivity contribution < 1.29 is 32.2 Å². The molecule has 2 N–H and O–H groups in total. The van der Waals surface area contributed by atoms with E-state index >= 15 is 0 Å². The Labute approximate surface area is 205 Å². The van der Waals surface area contributed by atoms with E-state index in [1.807, 2.05) is 4.90 Å². The van der Waals surface area contributed by atoms with Gasteiger partial charge in [0.25, 0.3) is 5.91 Å². The zero-order valence-electron chi connectivity index (χ0n) is 19.4. The molecule has 2 amide bonds. The SMILES string of the molecule is COc1ccc(C(=O)Nc2c(F)cc(-c3ccccc3)c(F)c2F)cc1NC(=O)CN1CCOCC1. The highest BCUT2D eigenvalue weighted by molar-refractivity contribution is 6.06. The van der Waals surface area contributed by atoms with Gasteiger partial charge in [-0.3, -0.25) is 14.5 Å². The third kappa shape index (κ3) is 5.67. The van der Waals surface area contributed by atoms with Crippen LogP contribution in [0.1, 0.15) is 10.4 Å². The highest BCUT2D eigenvalue weighted by Crippen LogP contribution is 2.32. The summed E-state index contributed by atoms with van der Waals surface area (Å²) in [5.41, 5.74) is -0.707. The van der Waals surface area contributed by atoms with Crippen molar-refractivity contribution in [2.45, 2.75) is 0 Å². The summed E-state index contributed by atoms with van der Waals surface area (Å²) in [4.78, 5) is 27.2. The van der Waals surface area contributed by atoms with E-state index < -0.39 is 29.0 Å². The molecule has 36 heavy (non-hydrogen) atoms. The summed E-state index contributed by atoms with van der Waals surface area (Å²) >= 11 is 0. The van der Waals surface area contributed by atoms with Crippen molar-refractivity contribution in [2.75, 3.05) is 50.6 Å². The molecule has 3 aromatic rings. The molecule has 0 unspecified atom stereocenters. The predicted molar refractivity (Wildman–Crippen MR) is 129 cm³/mol. The van der Waals surface area contributed by atoms with Gasteiger partial charge in [-0.2, -0.15) is 0 Å². The van der Waals surface area contributed by atoms with E-state index in [-0.39, 0.29) is 35.0 Å². The first kappa shape index (κ1) is 25.2. The van der Waals surface area contributed by atoms with Crippen molar-refractivity contribution in [3.05, 3.63) is 77.6 Å². The fourth-order valence-electron chi connectivity index (χ4n) is 3.82. The maximum absolute atomic E-state index is 14.8. The number of nitrogens with one attached hydrogen (secondary N) is 2. The second-order valence-corrected chi connectivity index (χ2v) is 8.08. The third-order valence-corrected chi connectivity index (χ3v) is 5.69. The van der Waals surface area contributed by atoms with Gasteiger partial charge in [0.1, 0.15) is 11.4 Å². The van der Waals surface area contributed by atoms with Crippen LogP contribution in [0.3, 0.4) is 0 Å². The molecule has 1 fully saturated rings. The number of rotatable bonds is 7. The Morgan fingerprint density at radius 2 is 1.69 bits per heavy atom. The Morgan fingerprint density at radius 1 is 0.972 bits per heavy atom. The van der Waals surface area contributed by atoms with E-state index in [1.165, 1.54) is 37.4 Å². The highest BCUT2D eigenvalue weighted by Gasteiger charge is 2.23. The van der Waals surface area contributed by atoms with E-state index in [9.17, 15) is 22.8 Å². The molecular weight excluding hydrogens is 475 g/mol. The summed E-state index contributed by atoms with van der Waals surface area (Å²) in [5, 5.41) is 4.78. The quantitative estimate of drug-likeness (QED) is 0.474. The number of anilines is 2. The van der Waals surface area contributed by atoms with Gasteiger partial charge in [0.15, 0.2) is 17.5 Å². The summed E-state index contributed by atoms with van der Waals surface area (Å²) in [7, 11) is 1.40. The molecule has 7 nitrogen and oxygen atoms in total. The molecule has 0 aliphatic carbocycles. The van der Waals surface area contributed by atoms with Crippen molar-refractivity contribution in [1.29, 1.82) is 0 Å². The lowest BCUT2D eigenvalue weighted by atomic mass is 10.0. The molecule has 1 aliphatic rings. The average molecular weight is 499 g/mol. The summed E-state index contributed by atoms with van der Waals surface area (Å²) in [5.74, 6) is -4.88. The average Bonchev–Trinajstić information content (AvgIpc) is 2.89. The molecular formula is C26H24F3N3O4. The maximum atomic E-state index is 14.8. The lowest BCUT2D eigenvalue weighted by Gasteiger charge is -2.26. The van der Waals surface area contributed by atoms with Crippen LogP contribution >= 0.6 is 0 Å². The number of benzene rings is 3. The van der Waals surface area contributed by atoms with E-state index in [1.54, 1.807) is 18.2 Å². The van der Waals surface area contributed by atoms with Crippen LogP contribution in [0.4, 0.5) is 24.5 Å². The molecule has 0 saturated carbocycles. The van der Waals surface area contributed by atoms with Crippen LogP contribution in [-0.2, 0) is 9.53 Å². The molecule has 4 rings (SSSR count). The summed E-state index contributed by atoms with van der Waals surface area (Å²) in [6.07, 6.45) is 0. The number of carbonyl (C=O) groups is 2. The minimum atomic E-state index is -1.52. The lowest BCUT2D eigenvalue weighted by Crippen LogP contribution is -2.41. The Kier molecular flexibility index (Phi) is 7.87. The molecule has 188 valence electrons. The Hall–Kier alpha value is -3.89. The van der Waals surface area contributed by atoms with Crippen LogP contribution in [0.25, 0.3) is 11.1 Å². The zero-order chi connectivity index (χ0) is 25.7. The van der Waals surface area contributed by atoms with E-state index in [4.69, 9.17) is 9.47 Å². The Bertz CT molecular complexity index is 1270. The highest BCUT2D eigenvalue weighted by atomic mass is 19.2. The van der Waals surface area contributed by atoms with Gasteiger partial charge in [-0.1, -0.05) is 30.3 Å². The number of morpholine rings is 1. The second kappa shape index (κ2) is 11.2. The largest absolute Gasteiger partial charge is 0.495 e.